The average molecular weight is 248 g/mol. The first-order valence-corrected chi connectivity index (χ1v) is 5.88. The fraction of sp³-hybridized carbons (Fsp3) is 0.545. The van der Waals surface area contributed by atoms with Gasteiger partial charge in [0.05, 0.1) is 6.61 Å². The monoisotopic (exact) mass is 247 g/mol. The molecule has 84 valence electrons. The maximum atomic E-state index is 5.98. The molecule has 1 heterocycles. The van der Waals surface area contributed by atoms with Crippen molar-refractivity contribution in [3.8, 4) is 5.88 Å². The first kappa shape index (κ1) is 12.6. The van der Waals surface area contributed by atoms with Crippen LogP contribution in [0.2, 0.25) is 5.02 Å². The molecule has 0 saturated heterocycles. The molecule has 0 aliphatic heterocycles. The van der Waals surface area contributed by atoms with Crippen LogP contribution in [0.4, 0.5) is 0 Å². The third-order valence-electron chi connectivity index (χ3n) is 1.95. The van der Waals surface area contributed by atoms with Crippen molar-refractivity contribution in [2.45, 2.75) is 26.1 Å². The van der Waals surface area contributed by atoms with Crippen molar-refractivity contribution < 1.29 is 4.74 Å². The lowest BCUT2D eigenvalue weighted by atomic mass is 10.1. The van der Waals surface area contributed by atoms with Crippen LogP contribution < -0.4 is 4.74 Å². The topological polar surface area (TPSA) is 22.1 Å². The Morgan fingerprint density at radius 2 is 2.20 bits per heavy atom. The summed E-state index contributed by atoms with van der Waals surface area (Å²) in [6.45, 7) is 4.94. The molecule has 1 rings (SSSR count). The van der Waals surface area contributed by atoms with E-state index in [4.69, 9.17) is 27.9 Å². The number of halogens is 2. The predicted octanol–water partition coefficient (Wildman–Crippen LogP) is 3.90. The van der Waals surface area contributed by atoms with E-state index in [1.54, 1.807) is 12.3 Å². The highest BCUT2D eigenvalue weighted by Crippen LogP contribution is 2.23. The quantitative estimate of drug-likeness (QED) is 0.737. The van der Waals surface area contributed by atoms with E-state index in [-0.39, 0.29) is 0 Å². The third-order valence-corrected chi connectivity index (χ3v) is 2.53. The minimum absolute atomic E-state index is 0.416. The molecule has 0 fully saturated rings. The predicted molar refractivity (Wildman–Crippen MR) is 63.8 cm³/mol. The number of hydrogen-bond acceptors (Lipinski definition) is 2. The highest BCUT2D eigenvalue weighted by Gasteiger charge is 2.04. The fourth-order valence-electron chi connectivity index (χ4n) is 1.04. The summed E-state index contributed by atoms with van der Waals surface area (Å²) >= 11 is 11.6. The Bertz CT molecular complexity index is 315. The van der Waals surface area contributed by atoms with Crippen LogP contribution in [0.3, 0.4) is 0 Å². The summed E-state index contributed by atoms with van der Waals surface area (Å²) < 4.78 is 5.46. The molecular formula is C11H15Cl2NO. The standard InChI is InChI=1S/C11H15Cl2NO/c1-8(2)3-4-15-11-10(13)5-9(6-12)7-14-11/h5,7-8H,3-4,6H2,1-2H3. The van der Waals surface area contributed by atoms with Crippen molar-refractivity contribution in [3.05, 3.63) is 22.8 Å². The lowest BCUT2D eigenvalue weighted by Crippen LogP contribution is -2.03. The van der Waals surface area contributed by atoms with Crippen LogP contribution in [0.25, 0.3) is 0 Å². The SMILES string of the molecule is CC(C)CCOc1ncc(CCl)cc1Cl. The molecule has 0 aliphatic rings. The van der Waals surface area contributed by atoms with Crippen molar-refractivity contribution in [2.75, 3.05) is 6.61 Å². The van der Waals surface area contributed by atoms with Crippen LogP contribution in [0.1, 0.15) is 25.8 Å². The van der Waals surface area contributed by atoms with Gasteiger partial charge in [-0.2, -0.15) is 0 Å². The van der Waals surface area contributed by atoms with Crippen LogP contribution in [-0.2, 0) is 5.88 Å². The third kappa shape index (κ3) is 4.27. The van der Waals surface area contributed by atoms with Crippen molar-refractivity contribution in [1.82, 2.24) is 4.98 Å². The van der Waals surface area contributed by atoms with Crippen molar-refractivity contribution >= 4 is 23.2 Å². The molecule has 0 atom stereocenters. The van der Waals surface area contributed by atoms with Gasteiger partial charge in [0.15, 0.2) is 0 Å². The van der Waals surface area contributed by atoms with Gasteiger partial charge in [0.1, 0.15) is 5.02 Å². The number of rotatable bonds is 5. The van der Waals surface area contributed by atoms with E-state index in [0.717, 1.165) is 12.0 Å². The van der Waals surface area contributed by atoms with Gasteiger partial charge in [0, 0.05) is 12.1 Å². The Kier molecular flexibility index (Phi) is 5.20. The van der Waals surface area contributed by atoms with E-state index >= 15 is 0 Å². The maximum absolute atomic E-state index is 5.98. The van der Waals surface area contributed by atoms with Crippen molar-refractivity contribution in [2.24, 2.45) is 5.92 Å². The van der Waals surface area contributed by atoms with E-state index in [9.17, 15) is 0 Å². The molecule has 1 aromatic rings. The fourth-order valence-corrected chi connectivity index (χ4v) is 1.43. The van der Waals surface area contributed by atoms with Crippen LogP contribution >= 0.6 is 23.2 Å². The summed E-state index contributed by atoms with van der Waals surface area (Å²) in [6.07, 6.45) is 2.68. The summed E-state index contributed by atoms with van der Waals surface area (Å²) in [7, 11) is 0. The molecule has 0 amide bonds. The van der Waals surface area contributed by atoms with E-state index < -0.39 is 0 Å². The van der Waals surface area contributed by atoms with Gasteiger partial charge in [-0.25, -0.2) is 4.98 Å². The zero-order valence-electron chi connectivity index (χ0n) is 8.96. The molecule has 0 saturated carbocycles. The summed E-state index contributed by atoms with van der Waals surface area (Å²) in [6, 6.07) is 1.78. The molecule has 0 bridgehead atoms. The number of ether oxygens (including phenoxy) is 1. The minimum Gasteiger partial charge on any atom is -0.477 e. The van der Waals surface area contributed by atoms with Crippen LogP contribution in [0, 0.1) is 5.92 Å². The molecule has 0 aromatic carbocycles. The molecule has 4 heteroatoms. The zero-order valence-corrected chi connectivity index (χ0v) is 10.5. The molecule has 0 unspecified atom stereocenters. The van der Waals surface area contributed by atoms with Gasteiger partial charge in [0.2, 0.25) is 5.88 Å². The molecule has 2 nitrogen and oxygen atoms in total. The number of alkyl halides is 1. The minimum atomic E-state index is 0.416. The molecule has 0 N–H and O–H groups in total. The highest BCUT2D eigenvalue weighted by atomic mass is 35.5. The Balaban J connectivity index is 2.54. The summed E-state index contributed by atoms with van der Waals surface area (Å²) in [5, 5.41) is 0.525. The number of nitrogens with zero attached hydrogens (tertiary/aromatic N) is 1. The highest BCUT2D eigenvalue weighted by molar-refractivity contribution is 6.32. The number of hydrogen-bond donors (Lipinski definition) is 0. The summed E-state index contributed by atoms with van der Waals surface area (Å²) in [4.78, 5) is 4.11. The normalized spacial score (nSPS) is 10.7. The Morgan fingerprint density at radius 3 is 2.73 bits per heavy atom. The van der Waals surface area contributed by atoms with Gasteiger partial charge < -0.3 is 4.74 Å². The van der Waals surface area contributed by atoms with E-state index in [2.05, 4.69) is 18.8 Å². The molecule has 0 radical (unpaired) electrons. The lowest BCUT2D eigenvalue weighted by molar-refractivity contribution is 0.279. The van der Waals surface area contributed by atoms with Crippen LogP contribution in [0.15, 0.2) is 12.3 Å². The summed E-state index contributed by atoms with van der Waals surface area (Å²) in [5.41, 5.74) is 0.901. The van der Waals surface area contributed by atoms with E-state index in [1.807, 2.05) is 0 Å². The van der Waals surface area contributed by atoms with Gasteiger partial charge in [-0.1, -0.05) is 25.4 Å². The first-order chi connectivity index (χ1) is 7.13. The van der Waals surface area contributed by atoms with Gasteiger partial charge in [-0.3, -0.25) is 0 Å². The van der Waals surface area contributed by atoms with E-state index in [0.29, 0.717) is 29.3 Å². The second-order valence-corrected chi connectivity index (χ2v) is 4.47. The van der Waals surface area contributed by atoms with Gasteiger partial charge >= 0.3 is 0 Å². The van der Waals surface area contributed by atoms with E-state index in [1.165, 1.54) is 0 Å². The van der Waals surface area contributed by atoms with Gasteiger partial charge in [-0.15, -0.1) is 11.6 Å². The molecule has 15 heavy (non-hydrogen) atoms. The van der Waals surface area contributed by atoms with Gasteiger partial charge in [-0.05, 0) is 24.0 Å². The first-order valence-electron chi connectivity index (χ1n) is 4.96. The second kappa shape index (κ2) is 6.19. The second-order valence-electron chi connectivity index (χ2n) is 3.80. The Hall–Kier alpha value is -0.470. The summed E-state index contributed by atoms with van der Waals surface area (Å²) in [5.74, 6) is 1.52. The van der Waals surface area contributed by atoms with Gasteiger partial charge in [0.25, 0.3) is 0 Å². The maximum Gasteiger partial charge on any atom is 0.232 e. The van der Waals surface area contributed by atoms with Crippen molar-refractivity contribution in [3.63, 3.8) is 0 Å². The molecule has 1 aromatic heterocycles. The molecule has 0 spiro atoms. The smallest absolute Gasteiger partial charge is 0.232 e. The average Bonchev–Trinajstić information content (AvgIpc) is 2.20. The number of aromatic nitrogens is 1. The van der Waals surface area contributed by atoms with Crippen molar-refractivity contribution in [1.29, 1.82) is 0 Å². The Labute approximate surface area is 101 Å². The van der Waals surface area contributed by atoms with Crippen LogP contribution in [0.5, 0.6) is 5.88 Å². The molecule has 0 aliphatic carbocycles. The largest absolute Gasteiger partial charge is 0.477 e. The Morgan fingerprint density at radius 1 is 1.47 bits per heavy atom. The number of pyridine rings is 1. The molecular weight excluding hydrogens is 233 g/mol. The lowest BCUT2D eigenvalue weighted by Gasteiger charge is -2.08. The zero-order chi connectivity index (χ0) is 11.3. The van der Waals surface area contributed by atoms with Crippen LogP contribution in [-0.4, -0.2) is 11.6 Å².